The third-order valence-electron chi connectivity index (χ3n) is 4.66. The predicted molar refractivity (Wildman–Crippen MR) is 96.5 cm³/mol. The summed E-state index contributed by atoms with van der Waals surface area (Å²) in [4.78, 5) is 36.4. The van der Waals surface area contributed by atoms with Crippen molar-refractivity contribution < 1.29 is 23.5 Å². The lowest BCUT2D eigenvalue weighted by atomic mass is 9.89. The first-order valence-electron chi connectivity index (χ1n) is 8.66. The number of hydrogen-bond acceptors (Lipinski definition) is 5. The van der Waals surface area contributed by atoms with E-state index in [0.29, 0.717) is 15.6 Å². The minimum Gasteiger partial charge on any atom is -0.451 e. The zero-order valence-electron chi connectivity index (χ0n) is 14.5. The van der Waals surface area contributed by atoms with Gasteiger partial charge in [-0.15, -0.1) is 11.3 Å². The molecule has 1 saturated carbocycles. The molecule has 5 nitrogen and oxygen atoms in total. The second-order valence-corrected chi connectivity index (χ2v) is 7.54. The smallest absolute Gasteiger partial charge is 0.349 e. The number of ether oxygens (including phenoxy) is 1. The van der Waals surface area contributed by atoms with E-state index in [1.807, 2.05) is 0 Å². The van der Waals surface area contributed by atoms with Crippen LogP contribution in [0.25, 0.3) is 10.1 Å². The van der Waals surface area contributed by atoms with Crippen molar-refractivity contribution in [3.05, 3.63) is 34.5 Å². The van der Waals surface area contributed by atoms with Crippen LogP contribution in [0.15, 0.2) is 18.2 Å². The Hall–Kier alpha value is -2.28. The van der Waals surface area contributed by atoms with Gasteiger partial charge in [-0.25, -0.2) is 9.18 Å². The average molecular weight is 377 g/mol. The maximum atomic E-state index is 13.9. The topological polar surface area (TPSA) is 72.5 Å². The molecular formula is C19H20FNO4S. The molecule has 2 amide bonds. The SMILES string of the molecule is Cc1c(C(=O)OCC(=O)NC(=O)C2CCCCC2)sc2cccc(F)c12. The number of fused-ring (bicyclic) bond motifs is 1. The van der Waals surface area contributed by atoms with Crippen molar-refractivity contribution in [3.8, 4) is 0 Å². The molecule has 1 fully saturated rings. The molecule has 0 spiro atoms. The summed E-state index contributed by atoms with van der Waals surface area (Å²) in [5.74, 6) is -2.17. The minimum absolute atomic E-state index is 0.142. The Labute approximate surface area is 154 Å². The number of imide groups is 1. The van der Waals surface area contributed by atoms with Crippen LogP contribution in [-0.2, 0) is 14.3 Å². The van der Waals surface area contributed by atoms with E-state index in [4.69, 9.17) is 4.74 Å². The van der Waals surface area contributed by atoms with Crippen LogP contribution in [0.3, 0.4) is 0 Å². The van der Waals surface area contributed by atoms with Gasteiger partial charge in [0.05, 0.1) is 0 Å². The van der Waals surface area contributed by atoms with E-state index in [1.54, 1.807) is 19.1 Å². The van der Waals surface area contributed by atoms with Crippen LogP contribution in [0, 0.1) is 18.7 Å². The van der Waals surface area contributed by atoms with Crippen LogP contribution in [0.1, 0.15) is 47.3 Å². The molecule has 0 saturated heterocycles. The average Bonchev–Trinajstić information content (AvgIpc) is 2.98. The molecule has 0 aliphatic heterocycles. The minimum atomic E-state index is -0.691. The van der Waals surface area contributed by atoms with Gasteiger partial charge in [0.25, 0.3) is 5.91 Å². The number of amides is 2. The fraction of sp³-hybridized carbons (Fsp3) is 0.421. The molecule has 1 aliphatic carbocycles. The maximum absolute atomic E-state index is 13.9. The molecule has 1 aliphatic rings. The quantitative estimate of drug-likeness (QED) is 0.824. The van der Waals surface area contributed by atoms with Crippen molar-refractivity contribution in [2.75, 3.05) is 6.61 Å². The van der Waals surface area contributed by atoms with Gasteiger partial charge in [0.15, 0.2) is 6.61 Å². The Kier molecular flexibility index (Phi) is 5.66. The van der Waals surface area contributed by atoms with Gasteiger partial charge in [0, 0.05) is 16.0 Å². The lowest BCUT2D eigenvalue weighted by Crippen LogP contribution is -2.38. The third kappa shape index (κ3) is 3.93. The number of esters is 1. The van der Waals surface area contributed by atoms with E-state index in [9.17, 15) is 18.8 Å². The molecule has 3 rings (SSSR count). The monoisotopic (exact) mass is 377 g/mol. The van der Waals surface area contributed by atoms with E-state index in [2.05, 4.69) is 5.32 Å². The van der Waals surface area contributed by atoms with E-state index in [1.165, 1.54) is 6.07 Å². The highest BCUT2D eigenvalue weighted by Crippen LogP contribution is 2.33. The van der Waals surface area contributed by atoms with Crippen molar-refractivity contribution in [1.29, 1.82) is 0 Å². The van der Waals surface area contributed by atoms with Gasteiger partial charge >= 0.3 is 5.97 Å². The molecule has 2 aromatic rings. The molecule has 0 bridgehead atoms. The summed E-state index contributed by atoms with van der Waals surface area (Å²) in [6.07, 6.45) is 4.66. The van der Waals surface area contributed by atoms with Gasteiger partial charge in [-0.05, 0) is 37.5 Å². The van der Waals surface area contributed by atoms with Crippen molar-refractivity contribution >= 4 is 39.2 Å². The van der Waals surface area contributed by atoms with Gasteiger partial charge in [-0.2, -0.15) is 0 Å². The number of thiophene rings is 1. The molecule has 138 valence electrons. The first-order valence-corrected chi connectivity index (χ1v) is 9.47. The summed E-state index contributed by atoms with van der Waals surface area (Å²) >= 11 is 1.12. The highest BCUT2D eigenvalue weighted by Gasteiger charge is 2.24. The third-order valence-corrected chi connectivity index (χ3v) is 5.90. The number of nitrogens with one attached hydrogen (secondary N) is 1. The lowest BCUT2D eigenvalue weighted by molar-refractivity contribution is -0.135. The Morgan fingerprint density at radius 1 is 1.23 bits per heavy atom. The van der Waals surface area contributed by atoms with Crippen LogP contribution in [0.2, 0.25) is 0 Å². The molecule has 1 aromatic heterocycles. The van der Waals surface area contributed by atoms with E-state index >= 15 is 0 Å². The van der Waals surface area contributed by atoms with Gasteiger partial charge < -0.3 is 4.74 Å². The van der Waals surface area contributed by atoms with E-state index in [0.717, 1.165) is 43.4 Å². The molecule has 1 N–H and O–H groups in total. The number of carbonyl (C=O) groups is 3. The summed E-state index contributed by atoms with van der Waals surface area (Å²) in [6.45, 7) is 1.11. The van der Waals surface area contributed by atoms with Crippen molar-refractivity contribution in [2.24, 2.45) is 5.92 Å². The molecule has 7 heteroatoms. The van der Waals surface area contributed by atoms with Crippen LogP contribution < -0.4 is 5.32 Å². The van der Waals surface area contributed by atoms with Gasteiger partial charge in [0.2, 0.25) is 5.91 Å². The lowest BCUT2D eigenvalue weighted by Gasteiger charge is -2.20. The van der Waals surface area contributed by atoms with Crippen LogP contribution in [0.5, 0.6) is 0 Å². The summed E-state index contributed by atoms with van der Waals surface area (Å²) in [5, 5.41) is 2.69. The molecule has 0 atom stereocenters. The number of halogens is 1. The molecule has 0 radical (unpaired) electrons. The number of benzene rings is 1. The van der Waals surface area contributed by atoms with Gasteiger partial charge in [-0.3, -0.25) is 14.9 Å². The van der Waals surface area contributed by atoms with E-state index < -0.39 is 24.3 Å². The standard InChI is InChI=1S/C19H20FNO4S/c1-11-16-13(20)8-5-9-14(16)26-17(11)19(24)25-10-15(22)21-18(23)12-6-3-2-4-7-12/h5,8-9,12H,2-4,6-7,10H2,1H3,(H,21,22,23). The van der Waals surface area contributed by atoms with Crippen molar-refractivity contribution in [2.45, 2.75) is 39.0 Å². The summed E-state index contributed by atoms with van der Waals surface area (Å²) < 4.78 is 19.6. The number of carbonyl (C=O) groups excluding carboxylic acids is 3. The summed E-state index contributed by atoms with van der Waals surface area (Å²) in [7, 11) is 0. The summed E-state index contributed by atoms with van der Waals surface area (Å²) in [6, 6.07) is 4.64. The van der Waals surface area contributed by atoms with Crippen molar-refractivity contribution in [1.82, 2.24) is 5.32 Å². The highest BCUT2D eigenvalue weighted by atomic mass is 32.1. The zero-order chi connectivity index (χ0) is 18.7. The van der Waals surface area contributed by atoms with Crippen molar-refractivity contribution in [3.63, 3.8) is 0 Å². The fourth-order valence-electron chi connectivity index (χ4n) is 3.29. The molecular weight excluding hydrogens is 357 g/mol. The van der Waals surface area contributed by atoms with E-state index in [-0.39, 0.29) is 16.7 Å². The number of rotatable bonds is 4. The molecule has 0 unspecified atom stereocenters. The predicted octanol–water partition coefficient (Wildman–Crippen LogP) is 3.73. The number of hydrogen-bond donors (Lipinski definition) is 1. The van der Waals surface area contributed by atoms with Crippen LogP contribution in [0.4, 0.5) is 4.39 Å². The Balaban J connectivity index is 1.58. The normalized spacial score (nSPS) is 15.0. The second kappa shape index (κ2) is 7.95. The Morgan fingerprint density at radius 2 is 1.96 bits per heavy atom. The fourth-order valence-corrected chi connectivity index (χ4v) is 4.40. The van der Waals surface area contributed by atoms with Crippen LogP contribution in [-0.4, -0.2) is 24.4 Å². The Bertz CT molecular complexity index is 855. The highest BCUT2D eigenvalue weighted by molar-refractivity contribution is 7.21. The first-order chi connectivity index (χ1) is 12.5. The molecule has 26 heavy (non-hydrogen) atoms. The molecule has 1 aromatic carbocycles. The van der Waals surface area contributed by atoms with Crippen LogP contribution >= 0.6 is 11.3 Å². The second-order valence-electron chi connectivity index (χ2n) is 6.49. The Morgan fingerprint density at radius 3 is 2.65 bits per heavy atom. The summed E-state index contributed by atoms with van der Waals surface area (Å²) in [5.41, 5.74) is 0.492. The zero-order valence-corrected chi connectivity index (χ0v) is 15.3. The van der Waals surface area contributed by atoms with Gasteiger partial charge in [0.1, 0.15) is 10.7 Å². The molecule has 1 heterocycles. The van der Waals surface area contributed by atoms with Gasteiger partial charge in [-0.1, -0.05) is 25.3 Å². The maximum Gasteiger partial charge on any atom is 0.349 e. The largest absolute Gasteiger partial charge is 0.451 e. The first kappa shape index (κ1) is 18.5. The number of aryl methyl sites for hydroxylation is 1.